The Morgan fingerprint density at radius 2 is 2.33 bits per heavy atom. The van der Waals surface area contributed by atoms with Crippen molar-refractivity contribution in [2.24, 2.45) is 0 Å². The quantitative estimate of drug-likeness (QED) is 0.832. The SMILES string of the molecule is CC(C)(C)OC(=O)N1CCNC(c2ccoc2)C1. The first-order valence-electron chi connectivity index (χ1n) is 6.19. The summed E-state index contributed by atoms with van der Waals surface area (Å²) in [6.07, 6.45) is 3.09. The lowest BCUT2D eigenvalue weighted by atomic mass is 10.1. The summed E-state index contributed by atoms with van der Waals surface area (Å²) < 4.78 is 10.4. The van der Waals surface area contributed by atoms with Gasteiger partial charge in [0.1, 0.15) is 5.60 Å². The van der Waals surface area contributed by atoms with Crippen molar-refractivity contribution in [3.63, 3.8) is 0 Å². The summed E-state index contributed by atoms with van der Waals surface area (Å²) in [6, 6.07) is 2.03. The zero-order valence-electron chi connectivity index (χ0n) is 11.1. The highest BCUT2D eigenvalue weighted by molar-refractivity contribution is 5.68. The molecule has 1 aromatic heterocycles. The molecule has 1 unspecified atom stereocenters. The Morgan fingerprint density at radius 1 is 1.56 bits per heavy atom. The smallest absolute Gasteiger partial charge is 0.410 e. The number of carbonyl (C=O) groups is 1. The van der Waals surface area contributed by atoms with Crippen molar-refractivity contribution >= 4 is 6.09 Å². The van der Waals surface area contributed by atoms with E-state index < -0.39 is 5.60 Å². The zero-order valence-corrected chi connectivity index (χ0v) is 11.1. The predicted molar refractivity (Wildman–Crippen MR) is 67.3 cm³/mol. The summed E-state index contributed by atoms with van der Waals surface area (Å²) in [5.41, 5.74) is 0.607. The molecule has 1 aliphatic heterocycles. The van der Waals surface area contributed by atoms with E-state index in [0.29, 0.717) is 13.1 Å². The number of rotatable bonds is 1. The van der Waals surface area contributed by atoms with E-state index in [0.717, 1.165) is 12.1 Å². The molecule has 1 aromatic rings. The van der Waals surface area contributed by atoms with Crippen LogP contribution in [-0.4, -0.2) is 36.2 Å². The molecule has 2 heterocycles. The molecule has 1 saturated heterocycles. The Morgan fingerprint density at radius 3 is 2.94 bits per heavy atom. The number of carbonyl (C=O) groups excluding carboxylic acids is 1. The van der Waals surface area contributed by atoms with Crippen LogP contribution in [0.4, 0.5) is 4.79 Å². The number of hydrogen-bond donors (Lipinski definition) is 1. The second kappa shape index (κ2) is 5.02. The first-order chi connectivity index (χ1) is 8.46. The summed E-state index contributed by atoms with van der Waals surface area (Å²) in [5, 5.41) is 3.36. The summed E-state index contributed by atoms with van der Waals surface area (Å²) in [4.78, 5) is 13.7. The Labute approximate surface area is 107 Å². The van der Waals surface area contributed by atoms with E-state index in [1.54, 1.807) is 17.4 Å². The molecule has 0 bridgehead atoms. The van der Waals surface area contributed by atoms with Crippen LogP contribution < -0.4 is 5.32 Å². The lowest BCUT2D eigenvalue weighted by molar-refractivity contribution is 0.0195. The molecule has 18 heavy (non-hydrogen) atoms. The van der Waals surface area contributed by atoms with E-state index in [4.69, 9.17) is 9.15 Å². The molecule has 5 nitrogen and oxygen atoms in total. The minimum absolute atomic E-state index is 0.116. The molecular weight excluding hydrogens is 232 g/mol. The molecule has 0 radical (unpaired) electrons. The van der Waals surface area contributed by atoms with Gasteiger partial charge in [-0.3, -0.25) is 0 Å². The van der Waals surface area contributed by atoms with Crippen LogP contribution in [0, 0.1) is 0 Å². The van der Waals surface area contributed by atoms with Crippen molar-refractivity contribution in [2.75, 3.05) is 19.6 Å². The van der Waals surface area contributed by atoms with Gasteiger partial charge in [-0.25, -0.2) is 4.79 Å². The molecule has 1 N–H and O–H groups in total. The van der Waals surface area contributed by atoms with Crippen molar-refractivity contribution in [3.05, 3.63) is 24.2 Å². The largest absolute Gasteiger partial charge is 0.472 e. The van der Waals surface area contributed by atoms with E-state index in [2.05, 4.69) is 5.32 Å². The van der Waals surface area contributed by atoms with Crippen LogP contribution in [0.5, 0.6) is 0 Å². The van der Waals surface area contributed by atoms with Gasteiger partial charge in [0, 0.05) is 25.2 Å². The van der Waals surface area contributed by atoms with Gasteiger partial charge in [-0.05, 0) is 26.8 Å². The van der Waals surface area contributed by atoms with Crippen LogP contribution in [0.1, 0.15) is 32.4 Å². The minimum atomic E-state index is -0.451. The van der Waals surface area contributed by atoms with Crippen molar-refractivity contribution in [3.8, 4) is 0 Å². The highest BCUT2D eigenvalue weighted by Gasteiger charge is 2.28. The number of hydrogen-bond acceptors (Lipinski definition) is 4. The second-order valence-corrected chi connectivity index (χ2v) is 5.49. The van der Waals surface area contributed by atoms with E-state index in [9.17, 15) is 4.79 Å². The first kappa shape index (κ1) is 13.0. The third-order valence-corrected chi connectivity index (χ3v) is 2.77. The van der Waals surface area contributed by atoms with Gasteiger partial charge in [-0.15, -0.1) is 0 Å². The summed E-state index contributed by atoms with van der Waals surface area (Å²) in [6.45, 7) is 7.66. The zero-order chi connectivity index (χ0) is 13.2. The van der Waals surface area contributed by atoms with Gasteiger partial charge in [0.05, 0.1) is 18.6 Å². The van der Waals surface area contributed by atoms with E-state index in [1.807, 2.05) is 26.8 Å². The van der Waals surface area contributed by atoms with Gasteiger partial charge in [0.2, 0.25) is 0 Å². The number of nitrogens with one attached hydrogen (secondary N) is 1. The summed E-state index contributed by atoms with van der Waals surface area (Å²) in [7, 11) is 0. The maximum atomic E-state index is 12.0. The highest BCUT2D eigenvalue weighted by atomic mass is 16.6. The van der Waals surface area contributed by atoms with Gasteiger partial charge in [-0.2, -0.15) is 0 Å². The molecule has 0 aliphatic carbocycles. The Hall–Kier alpha value is -1.49. The standard InChI is InChI=1S/C13H20N2O3/c1-13(2,3)18-12(16)15-6-5-14-11(8-15)10-4-7-17-9-10/h4,7,9,11,14H,5-6,8H2,1-3H3. The lowest BCUT2D eigenvalue weighted by Gasteiger charge is -2.34. The van der Waals surface area contributed by atoms with Crippen LogP contribution in [-0.2, 0) is 4.74 Å². The minimum Gasteiger partial charge on any atom is -0.472 e. The molecular formula is C13H20N2O3. The normalized spacial score (nSPS) is 20.8. The van der Waals surface area contributed by atoms with E-state index in [-0.39, 0.29) is 12.1 Å². The summed E-state index contributed by atoms with van der Waals surface area (Å²) in [5.74, 6) is 0. The molecule has 1 fully saturated rings. The molecule has 5 heteroatoms. The third kappa shape index (κ3) is 3.26. The average molecular weight is 252 g/mol. The second-order valence-electron chi connectivity index (χ2n) is 5.49. The number of nitrogens with zero attached hydrogens (tertiary/aromatic N) is 1. The third-order valence-electron chi connectivity index (χ3n) is 2.77. The fraction of sp³-hybridized carbons (Fsp3) is 0.615. The van der Waals surface area contributed by atoms with Crippen molar-refractivity contribution in [2.45, 2.75) is 32.4 Å². The summed E-state index contributed by atoms with van der Waals surface area (Å²) >= 11 is 0. The fourth-order valence-electron chi connectivity index (χ4n) is 1.94. The van der Waals surface area contributed by atoms with Crippen LogP contribution in [0.3, 0.4) is 0 Å². The monoisotopic (exact) mass is 252 g/mol. The lowest BCUT2D eigenvalue weighted by Crippen LogP contribution is -2.49. The highest BCUT2D eigenvalue weighted by Crippen LogP contribution is 2.19. The average Bonchev–Trinajstić information content (AvgIpc) is 2.80. The Balaban J connectivity index is 1.96. The van der Waals surface area contributed by atoms with Crippen molar-refractivity contribution in [1.29, 1.82) is 0 Å². The van der Waals surface area contributed by atoms with Gasteiger partial charge >= 0.3 is 6.09 Å². The van der Waals surface area contributed by atoms with E-state index in [1.165, 1.54) is 0 Å². The Kier molecular flexibility index (Phi) is 3.61. The van der Waals surface area contributed by atoms with Gasteiger partial charge < -0.3 is 19.4 Å². The predicted octanol–water partition coefficient (Wildman–Crippen LogP) is 2.16. The fourth-order valence-corrected chi connectivity index (χ4v) is 1.94. The molecule has 0 saturated carbocycles. The van der Waals surface area contributed by atoms with Gasteiger partial charge in [0.25, 0.3) is 0 Å². The number of amides is 1. The Bertz CT molecular complexity index is 395. The first-order valence-corrected chi connectivity index (χ1v) is 6.19. The van der Waals surface area contributed by atoms with Crippen LogP contribution >= 0.6 is 0 Å². The topological polar surface area (TPSA) is 54.7 Å². The molecule has 2 rings (SSSR count). The molecule has 0 aromatic carbocycles. The van der Waals surface area contributed by atoms with Crippen molar-refractivity contribution in [1.82, 2.24) is 10.2 Å². The van der Waals surface area contributed by atoms with Crippen molar-refractivity contribution < 1.29 is 13.9 Å². The number of furan rings is 1. The maximum absolute atomic E-state index is 12.0. The molecule has 1 atom stereocenters. The number of piperazine rings is 1. The number of ether oxygens (including phenoxy) is 1. The van der Waals surface area contributed by atoms with Gasteiger partial charge in [0.15, 0.2) is 0 Å². The molecule has 100 valence electrons. The van der Waals surface area contributed by atoms with Crippen LogP contribution in [0.2, 0.25) is 0 Å². The van der Waals surface area contributed by atoms with Crippen LogP contribution in [0.25, 0.3) is 0 Å². The van der Waals surface area contributed by atoms with Crippen LogP contribution in [0.15, 0.2) is 23.0 Å². The van der Waals surface area contributed by atoms with E-state index >= 15 is 0 Å². The molecule has 1 amide bonds. The molecule has 1 aliphatic rings. The van der Waals surface area contributed by atoms with Gasteiger partial charge in [-0.1, -0.05) is 0 Å². The molecule has 0 spiro atoms. The maximum Gasteiger partial charge on any atom is 0.410 e.